The normalized spacial score (nSPS) is 19.4. The number of aromatic nitrogens is 3. The number of aryl methyl sites for hydroxylation is 1. The number of cyclic esters (lactones) is 1. The van der Waals surface area contributed by atoms with E-state index in [1.807, 2.05) is 6.07 Å². The lowest BCUT2D eigenvalue weighted by Crippen LogP contribution is -2.44. The van der Waals surface area contributed by atoms with Crippen LogP contribution in [-0.2, 0) is 41.2 Å². The molecule has 8 nitrogen and oxygen atoms in total. The van der Waals surface area contributed by atoms with Crippen LogP contribution < -0.4 is 11.3 Å². The molecule has 0 radical (unpaired) electrons. The maximum absolute atomic E-state index is 13.3. The van der Waals surface area contributed by atoms with Gasteiger partial charge in [0.2, 0.25) is 0 Å². The fourth-order valence-electron chi connectivity index (χ4n) is 4.62. The van der Waals surface area contributed by atoms with Gasteiger partial charge in [-0.1, -0.05) is 13.8 Å². The Labute approximate surface area is 172 Å². The Morgan fingerprint density at radius 3 is 2.77 bits per heavy atom. The maximum Gasteiger partial charge on any atom is 0.343 e. The number of aliphatic hydroxyl groups is 1. The van der Waals surface area contributed by atoms with Crippen LogP contribution in [0.4, 0.5) is 0 Å². The summed E-state index contributed by atoms with van der Waals surface area (Å²) in [5.74, 6) is -0.723. The Morgan fingerprint density at radius 1 is 1.27 bits per heavy atom. The molecule has 2 aliphatic heterocycles. The minimum Gasteiger partial charge on any atom is -0.458 e. The minimum atomic E-state index is -1.83. The Hall–Kier alpha value is -3.10. The molecule has 1 atom stereocenters. The molecule has 0 amide bonds. The van der Waals surface area contributed by atoms with Gasteiger partial charge in [-0.25, -0.2) is 9.78 Å². The van der Waals surface area contributed by atoms with E-state index in [1.54, 1.807) is 23.8 Å². The van der Waals surface area contributed by atoms with Gasteiger partial charge in [0.05, 0.1) is 40.9 Å². The summed E-state index contributed by atoms with van der Waals surface area (Å²) in [7, 11) is 0. The summed E-state index contributed by atoms with van der Waals surface area (Å²) in [5.41, 5.74) is 9.22. The van der Waals surface area contributed by atoms with Gasteiger partial charge in [-0.2, -0.15) is 0 Å². The fraction of sp³-hybridized carbons (Fsp3) is 0.364. The predicted octanol–water partition coefficient (Wildman–Crippen LogP) is 1.50. The van der Waals surface area contributed by atoms with Crippen LogP contribution in [0.25, 0.3) is 22.3 Å². The van der Waals surface area contributed by atoms with Crippen LogP contribution in [0.3, 0.4) is 0 Å². The van der Waals surface area contributed by atoms with Crippen molar-refractivity contribution in [1.29, 1.82) is 0 Å². The van der Waals surface area contributed by atoms with Crippen molar-refractivity contribution in [3.05, 3.63) is 56.6 Å². The van der Waals surface area contributed by atoms with Crippen molar-refractivity contribution < 1.29 is 14.6 Å². The zero-order chi connectivity index (χ0) is 21.2. The van der Waals surface area contributed by atoms with E-state index in [9.17, 15) is 14.7 Å². The van der Waals surface area contributed by atoms with Crippen LogP contribution in [0.1, 0.15) is 48.2 Å². The molecule has 8 heteroatoms. The van der Waals surface area contributed by atoms with Crippen molar-refractivity contribution in [2.45, 2.75) is 52.0 Å². The first kappa shape index (κ1) is 18.9. The molecule has 0 aromatic carbocycles. The summed E-state index contributed by atoms with van der Waals surface area (Å²) in [4.78, 5) is 34.7. The van der Waals surface area contributed by atoms with E-state index < -0.39 is 11.6 Å². The van der Waals surface area contributed by atoms with Gasteiger partial charge in [-0.05, 0) is 30.5 Å². The third kappa shape index (κ3) is 2.34. The second kappa shape index (κ2) is 6.45. The second-order valence-corrected chi connectivity index (χ2v) is 7.77. The highest BCUT2D eigenvalue weighted by molar-refractivity contribution is 5.88. The first-order chi connectivity index (χ1) is 14.4. The van der Waals surface area contributed by atoms with E-state index in [4.69, 9.17) is 15.5 Å². The highest BCUT2D eigenvalue weighted by Gasteiger charge is 2.45. The number of ether oxygens (including phenoxy) is 1. The second-order valence-electron chi connectivity index (χ2n) is 7.77. The molecule has 0 fully saturated rings. The van der Waals surface area contributed by atoms with Crippen LogP contribution in [0.2, 0.25) is 0 Å². The van der Waals surface area contributed by atoms with Gasteiger partial charge in [-0.15, -0.1) is 0 Å². The van der Waals surface area contributed by atoms with Crippen LogP contribution in [0, 0.1) is 0 Å². The Morgan fingerprint density at radius 2 is 2.07 bits per heavy atom. The van der Waals surface area contributed by atoms with E-state index in [1.165, 1.54) is 0 Å². The van der Waals surface area contributed by atoms with Gasteiger partial charge >= 0.3 is 5.97 Å². The van der Waals surface area contributed by atoms with Gasteiger partial charge in [0.15, 0.2) is 5.60 Å². The number of hydrogen-bond donors (Lipinski definition) is 2. The van der Waals surface area contributed by atoms with Gasteiger partial charge in [0.25, 0.3) is 5.56 Å². The topological polar surface area (TPSA) is 120 Å². The van der Waals surface area contributed by atoms with E-state index >= 15 is 0 Å². The predicted molar refractivity (Wildman–Crippen MR) is 110 cm³/mol. The van der Waals surface area contributed by atoms with Crippen molar-refractivity contribution in [2.75, 3.05) is 0 Å². The molecule has 30 heavy (non-hydrogen) atoms. The number of carbonyl (C=O) groups excluding carboxylic acids is 1. The van der Waals surface area contributed by atoms with Gasteiger partial charge < -0.3 is 20.1 Å². The third-order valence-corrected chi connectivity index (χ3v) is 6.31. The SMILES string of the molecule is CCc1c2c(nc3cnc(CN)cc13)-c1cc3c(c(=O)n1C2)COC(=O)[C@]3(O)CC. The molecule has 2 aliphatic rings. The lowest BCUT2D eigenvalue weighted by Gasteiger charge is -2.31. The van der Waals surface area contributed by atoms with Crippen molar-refractivity contribution in [2.24, 2.45) is 5.73 Å². The molecule has 3 aromatic rings. The standard InChI is InChI=1S/C22H22N4O4/c1-3-12-13-5-11(7-23)24-8-17(13)25-19-14(12)9-26-18(19)6-16-15(20(26)27)10-30-21(28)22(16,29)4-2/h5-6,8,29H,3-4,7,9-10,23H2,1-2H3/t22-/m0/s1. The van der Waals surface area contributed by atoms with E-state index in [2.05, 4.69) is 11.9 Å². The highest BCUT2D eigenvalue weighted by Crippen LogP contribution is 2.40. The lowest BCUT2D eigenvalue weighted by atomic mass is 9.86. The zero-order valence-corrected chi connectivity index (χ0v) is 16.9. The monoisotopic (exact) mass is 406 g/mol. The number of nitrogens with two attached hydrogens (primary N) is 1. The smallest absolute Gasteiger partial charge is 0.343 e. The van der Waals surface area contributed by atoms with Crippen LogP contribution >= 0.6 is 0 Å². The third-order valence-electron chi connectivity index (χ3n) is 6.31. The first-order valence-electron chi connectivity index (χ1n) is 10.1. The highest BCUT2D eigenvalue weighted by atomic mass is 16.6. The molecule has 0 aliphatic carbocycles. The average Bonchev–Trinajstić information content (AvgIpc) is 3.13. The van der Waals surface area contributed by atoms with Gasteiger partial charge in [-0.3, -0.25) is 9.78 Å². The quantitative estimate of drug-likeness (QED) is 0.495. The summed E-state index contributed by atoms with van der Waals surface area (Å²) in [6.45, 7) is 4.35. The summed E-state index contributed by atoms with van der Waals surface area (Å²) in [6.07, 6.45) is 2.58. The number of esters is 1. The Kier molecular flexibility index (Phi) is 4.06. The number of pyridine rings is 3. The summed E-state index contributed by atoms with van der Waals surface area (Å²) in [6, 6.07) is 3.69. The molecule has 0 spiro atoms. The zero-order valence-electron chi connectivity index (χ0n) is 16.9. The number of carbonyl (C=O) groups is 1. The molecule has 3 N–H and O–H groups in total. The van der Waals surface area contributed by atoms with Gasteiger partial charge in [0.1, 0.15) is 6.61 Å². The van der Waals surface area contributed by atoms with E-state index in [0.29, 0.717) is 35.6 Å². The molecule has 5 rings (SSSR count). The summed E-state index contributed by atoms with van der Waals surface area (Å²) >= 11 is 0. The molecule has 0 saturated carbocycles. The van der Waals surface area contributed by atoms with Gasteiger partial charge in [0, 0.05) is 23.1 Å². The molecular formula is C22H22N4O4. The molecule has 3 aromatic heterocycles. The lowest BCUT2D eigenvalue weighted by molar-refractivity contribution is -0.172. The van der Waals surface area contributed by atoms with Crippen LogP contribution in [0.5, 0.6) is 0 Å². The molecular weight excluding hydrogens is 384 g/mol. The molecule has 0 saturated heterocycles. The maximum atomic E-state index is 13.3. The van der Waals surface area contributed by atoms with E-state index in [-0.39, 0.29) is 18.6 Å². The summed E-state index contributed by atoms with van der Waals surface area (Å²) < 4.78 is 6.78. The summed E-state index contributed by atoms with van der Waals surface area (Å²) in [5, 5.41) is 12.0. The number of rotatable bonds is 3. The fourth-order valence-corrected chi connectivity index (χ4v) is 4.62. The van der Waals surface area contributed by atoms with Crippen molar-refractivity contribution in [3.63, 3.8) is 0 Å². The molecule has 0 unspecified atom stereocenters. The van der Waals surface area contributed by atoms with Crippen LogP contribution in [-0.4, -0.2) is 25.6 Å². The number of hydrogen-bond acceptors (Lipinski definition) is 7. The van der Waals surface area contributed by atoms with Crippen LogP contribution in [0.15, 0.2) is 23.1 Å². The first-order valence-corrected chi connectivity index (χ1v) is 10.1. The number of fused-ring (bicyclic) bond motifs is 5. The van der Waals surface area contributed by atoms with Crippen molar-refractivity contribution >= 4 is 16.9 Å². The number of nitrogens with zero attached hydrogens (tertiary/aromatic N) is 3. The molecule has 0 bridgehead atoms. The Bertz CT molecular complexity index is 1300. The molecule has 154 valence electrons. The average molecular weight is 406 g/mol. The minimum absolute atomic E-state index is 0.117. The Balaban J connectivity index is 1.81. The largest absolute Gasteiger partial charge is 0.458 e. The van der Waals surface area contributed by atoms with E-state index in [0.717, 1.165) is 34.1 Å². The van der Waals surface area contributed by atoms with Crippen molar-refractivity contribution in [3.8, 4) is 11.4 Å². The van der Waals surface area contributed by atoms with Crippen molar-refractivity contribution in [1.82, 2.24) is 14.5 Å². The molecule has 5 heterocycles.